The average molecular weight is 461 g/mol. The van der Waals surface area contributed by atoms with Crippen LogP contribution in [0.4, 0.5) is 0 Å². The highest BCUT2D eigenvalue weighted by atomic mass is 35.5. The third kappa shape index (κ3) is 3.31. The number of rotatable bonds is 4. The van der Waals surface area contributed by atoms with Crippen LogP contribution in [0.15, 0.2) is 71.6 Å². The normalized spacial score (nSPS) is 11.7. The summed E-state index contributed by atoms with van der Waals surface area (Å²) in [4.78, 5) is 11.1. The number of phenols is 1. The lowest BCUT2D eigenvalue weighted by Gasteiger charge is -2.14. The van der Waals surface area contributed by atoms with E-state index in [1.54, 1.807) is 36.4 Å². The Bertz CT molecular complexity index is 1410. The van der Waals surface area contributed by atoms with Crippen LogP contribution in [0.2, 0.25) is 10.0 Å². The predicted molar refractivity (Wildman–Crippen MR) is 117 cm³/mol. The molecule has 0 unspecified atom stereocenters. The molecule has 3 aromatic carbocycles. The zero-order valence-electron chi connectivity index (χ0n) is 15.2. The van der Waals surface area contributed by atoms with E-state index in [1.807, 2.05) is 0 Å². The number of carbonyl (C=O) groups is 1. The molecule has 3 N–H and O–H groups in total. The van der Waals surface area contributed by atoms with E-state index in [1.165, 1.54) is 24.3 Å². The van der Waals surface area contributed by atoms with Crippen molar-refractivity contribution in [3.63, 3.8) is 0 Å². The monoisotopic (exact) mass is 460 g/mol. The van der Waals surface area contributed by atoms with Gasteiger partial charge in [0, 0.05) is 16.0 Å². The smallest absolute Gasteiger partial charge is 0.272 e. The van der Waals surface area contributed by atoms with E-state index < -0.39 is 26.6 Å². The van der Waals surface area contributed by atoms with Gasteiger partial charge >= 0.3 is 0 Å². The molecule has 0 radical (unpaired) electrons. The SMILES string of the molecule is NC(=O)c1ccc2c(c1)cc(-c1ccccc1)n2S(=O)(=O)c1cc(Cl)cc(Cl)c1O. The Kier molecular flexibility index (Phi) is 4.97. The number of nitrogens with two attached hydrogens (primary N) is 1. The van der Waals surface area contributed by atoms with Crippen LogP contribution in [0.25, 0.3) is 22.2 Å². The molecule has 0 saturated heterocycles. The van der Waals surface area contributed by atoms with Crippen molar-refractivity contribution in [3.05, 3.63) is 82.3 Å². The summed E-state index contributed by atoms with van der Waals surface area (Å²) in [6.07, 6.45) is 0. The fourth-order valence-electron chi connectivity index (χ4n) is 3.25. The molecular weight excluding hydrogens is 447 g/mol. The number of nitrogens with zero attached hydrogens (tertiary/aromatic N) is 1. The van der Waals surface area contributed by atoms with Crippen molar-refractivity contribution in [2.75, 3.05) is 0 Å². The highest BCUT2D eigenvalue weighted by Gasteiger charge is 2.28. The molecule has 30 heavy (non-hydrogen) atoms. The summed E-state index contributed by atoms with van der Waals surface area (Å²) in [6.45, 7) is 0. The summed E-state index contributed by atoms with van der Waals surface area (Å²) in [5.41, 5.74) is 6.86. The van der Waals surface area contributed by atoms with Gasteiger partial charge in [0.15, 0.2) is 5.75 Å². The van der Waals surface area contributed by atoms with Crippen LogP contribution in [0.5, 0.6) is 5.75 Å². The fraction of sp³-hybridized carbons (Fsp3) is 0. The maximum absolute atomic E-state index is 13.6. The number of amides is 1. The number of benzene rings is 3. The minimum absolute atomic E-state index is 0.0603. The second-order valence-corrected chi connectivity index (χ2v) is 9.14. The standard InChI is InChI=1S/C21H14Cl2N2O4S/c22-15-10-16(23)20(26)19(11-15)30(28,29)25-17-7-6-13(21(24)27)8-14(17)9-18(25)12-4-2-1-3-5-12/h1-11,26H,(H2,24,27). The number of hydrogen-bond donors (Lipinski definition) is 2. The summed E-state index contributed by atoms with van der Waals surface area (Å²) in [6, 6.07) is 17.3. The summed E-state index contributed by atoms with van der Waals surface area (Å²) in [5, 5.41) is 10.7. The number of halogens is 2. The van der Waals surface area contributed by atoms with Gasteiger partial charge < -0.3 is 10.8 Å². The Hall–Kier alpha value is -3.00. The largest absolute Gasteiger partial charge is 0.505 e. The number of fused-ring (bicyclic) bond motifs is 1. The summed E-state index contributed by atoms with van der Waals surface area (Å²) in [7, 11) is -4.33. The molecule has 4 aromatic rings. The number of phenolic OH excluding ortho intramolecular Hbond substituents is 1. The maximum Gasteiger partial charge on any atom is 0.272 e. The highest BCUT2D eigenvalue weighted by Crippen LogP contribution is 2.39. The van der Waals surface area contributed by atoms with Crippen molar-refractivity contribution in [1.82, 2.24) is 3.97 Å². The molecule has 9 heteroatoms. The van der Waals surface area contributed by atoms with E-state index in [9.17, 15) is 18.3 Å². The first kappa shape index (κ1) is 20.3. The summed E-state index contributed by atoms with van der Waals surface area (Å²) >= 11 is 12.0. The fourth-order valence-corrected chi connectivity index (χ4v) is 5.53. The molecule has 1 heterocycles. The number of aromatic hydroxyl groups is 1. The molecule has 6 nitrogen and oxygen atoms in total. The molecule has 4 rings (SSSR count). The Morgan fingerprint density at radius 2 is 1.67 bits per heavy atom. The number of primary amides is 1. The van der Waals surface area contributed by atoms with Gasteiger partial charge in [-0.15, -0.1) is 0 Å². The van der Waals surface area contributed by atoms with Crippen LogP contribution >= 0.6 is 23.2 Å². The Morgan fingerprint density at radius 1 is 0.967 bits per heavy atom. The molecule has 0 aliphatic rings. The maximum atomic E-state index is 13.6. The minimum atomic E-state index is -4.33. The van der Waals surface area contributed by atoms with Crippen LogP contribution < -0.4 is 5.73 Å². The summed E-state index contributed by atoms with van der Waals surface area (Å²) < 4.78 is 28.4. The van der Waals surface area contributed by atoms with E-state index in [-0.39, 0.29) is 15.6 Å². The lowest BCUT2D eigenvalue weighted by Crippen LogP contribution is -2.15. The van der Waals surface area contributed by atoms with Gasteiger partial charge in [-0.2, -0.15) is 0 Å². The number of carbonyl (C=O) groups excluding carboxylic acids is 1. The van der Waals surface area contributed by atoms with E-state index in [4.69, 9.17) is 28.9 Å². The van der Waals surface area contributed by atoms with Crippen molar-refractivity contribution in [2.24, 2.45) is 5.73 Å². The van der Waals surface area contributed by atoms with Crippen LogP contribution in [0.1, 0.15) is 10.4 Å². The second-order valence-electron chi connectivity index (χ2n) is 6.54. The van der Waals surface area contributed by atoms with Crippen LogP contribution in [-0.4, -0.2) is 23.4 Å². The van der Waals surface area contributed by atoms with Crippen molar-refractivity contribution in [2.45, 2.75) is 4.90 Å². The van der Waals surface area contributed by atoms with Crippen LogP contribution in [0, 0.1) is 0 Å². The third-order valence-corrected chi connectivity index (χ3v) is 6.87. The highest BCUT2D eigenvalue weighted by molar-refractivity contribution is 7.90. The average Bonchev–Trinajstić information content (AvgIpc) is 3.10. The second kappa shape index (κ2) is 7.36. The zero-order valence-corrected chi connectivity index (χ0v) is 17.5. The predicted octanol–water partition coefficient (Wildman–Crippen LogP) is 4.66. The molecule has 0 atom stereocenters. The molecule has 1 aromatic heterocycles. The molecule has 0 aliphatic carbocycles. The van der Waals surface area contributed by atoms with E-state index in [0.29, 0.717) is 22.2 Å². The van der Waals surface area contributed by atoms with Gasteiger partial charge in [0.1, 0.15) is 4.90 Å². The van der Waals surface area contributed by atoms with E-state index in [0.717, 1.165) is 10.0 Å². The lowest BCUT2D eigenvalue weighted by atomic mass is 10.1. The molecule has 0 bridgehead atoms. The summed E-state index contributed by atoms with van der Waals surface area (Å²) in [5.74, 6) is -1.23. The zero-order chi connectivity index (χ0) is 21.6. The van der Waals surface area contributed by atoms with Crippen LogP contribution in [0.3, 0.4) is 0 Å². The van der Waals surface area contributed by atoms with Gasteiger partial charge in [-0.25, -0.2) is 12.4 Å². The topological polar surface area (TPSA) is 102 Å². The van der Waals surface area contributed by atoms with Gasteiger partial charge in [0.2, 0.25) is 5.91 Å². The molecule has 1 amide bonds. The number of aromatic nitrogens is 1. The van der Waals surface area contributed by atoms with Gasteiger partial charge in [-0.1, -0.05) is 53.5 Å². The van der Waals surface area contributed by atoms with E-state index in [2.05, 4.69) is 0 Å². The first-order valence-electron chi connectivity index (χ1n) is 8.64. The van der Waals surface area contributed by atoms with Crippen LogP contribution in [-0.2, 0) is 10.0 Å². The van der Waals surface area contributed by atoms with E-state index >= 15 is 0 Å². The van der Waals surface area contributed by atoms with Gasteiger partial charge in [0.05, 0.1) is 16.2 Å². The molecule has 0 aliphatic heterocycles. The molecule has 0 spiro atoms. The van der Waals surface area contributed by atoms with Crippen molar-refractivity contribution >= 4 is 50.0 Å². The molecule has 0 saturated carbocycles. The Balaban J connectivity index is 2.10. The molecule has 0 fully saturated rings. The molecular formula is C21H14Cl2N2O4S. The van der Waals surface area contributed by atoms with Gasteiger partial charge in [0.25, 0.3) is 10.0 Å². The van der Waals surface area contributed by atoms with Gasteiger partial charge in [-0.05, 0) is 42.0 Å². The Morgan fingerprint density at radius 3 is 2.33 bits per heavy atom. The van der Waals surface area contributed by atoms with Gasteiger partial charge in [-0.3, -0.25) is 4.79 Å². The van der Waals surface area contributed by atoms with Crippen molar-refractivity contribution < 1.29 is 18.3 Å². The minimum Gasteiger partial charge on any atom is -0.505 e. The first-order chi connectivity index (χ1) is 14.2. The van der Waals surface area contributed by atoms with Crippen molar-refractivity contribution in [1.29, 1.82) is 0 Å². The van der Waals surface area contributed by atoms with Crippen molar-refractivity contribution in [3.8, 4) is 17.0 Å². The third-order valence-electron chi connectivity index (χ3n) is 4.62. The lowest BCUT2D eigenvalue weighted by molar-refractivity contribution is 0.100. The Labute approximate surface area is 182 Å². The quantitative estimate of drug-likeness (QED) is 0.462. The first-order valence-corrected chi connectivity index (χ1v) is 10.8. The molecule has 152 valence electrons. The number of hydrogen-bond acceptors (Lipinski definition) is 4.